The molecule has 0 unspecified atom stereocenters. The Kier molecular flexibility index (Phi) is 7.68. The number of ether oxygens (including phenoxy) is 3. The van der Waals surface area contributed by atoms with E-state index in [-0.39, 0.29) is 41.9 Å². The lowest BCUT2D eigenvalue weighted by atomic mass is 9.69. The fourth-order valence-electron chi connectivity index (χ4n) is 4.47. The number of dihydropyridines is 1. The van der Waals surface area contributed by atoms with Crippen LogP contribution < -0.4 is 5.32 Å². The van der Waals surface area contributed by atoms with E-state index in [1.165, 1.54) is 25.3 Å². The van der Waals surface area contributed by atoms with E-state index in [0.717, 1.165) is 0 Å². The number of methoxy groups -OCH3 is 1. The summed E-state index contributed by atoms with van der Waals surface area (Å²) in [4.78, 5) is 39.1. The van der Waals surface area contributed by atoms with Gasteiger partial charge in [0.2, 0.25) is 0 Å². The van der Waals surface area contributed by atoms with Gasteiger partial charge in [0.05, 0.1) is 31.3 Å². The van der Waals surface area contributed by atoms with Gasteiger partial charge in [-0.2, -0.15) is 0 Å². The Hall–Kier alpha value is -3.00. The SMILES string of the molecule is COC(=O)[C@@H]1C(=O)C2=C(C[C@H]1C)NC(C)=C(C(=O)OCCOC(C)C)[C@H]2c1ccccc1F. The largest absolute Gasteiger partial charge is 0.468 e. The average molecular weight is 460 g/mol. The predicted molar refractivity (Wildman–Crippen MR) is 118 cm³/mol. The lowest BCUT2D eigenvalue weighted by Gasteiger charge is -2.38. The van der Waals surface area contributed by atoms with Gasteiger partial charge in [0.15, 0.2) is 5.78 Å². The molecule has 3 atom stereocenters. The maximum absolute atomic E-state index is 15.0. The first-order chi connectivity index (χ1) is 15.7. The molecule has 1 aromatic rings. The summed E-state index contributed by atoms with van der Waals surface area (Å²) in [5.41, 5.74) is 1.56. The minimum absolute atomic E-state index is 0.0133. The van der Waals surface area contributed by atoms with Crippen molar-refractivity contribution in [3.8, 4) is 0 Å². The van der Waals surface area contributed by atoms with Gasteiger partial charge in [-0.05, 0) is 39.2 Å². The standard InChI is InChI=1S/C25H30FNO6/c1-13(2)32-10-11-33-25(30)20-15(4)27-18-12-14(3)19(24(29)31-5)23(28)22(18)21(20)16-8-6-7-9-17(16)26/h6-9,13-14,19,21,27H,10-12H2,1-5H3/t14-,19+,21-/m1/s1. The average Bonchev–Trinajstić information content (AvgIpc) is 2.75. The zero-order chi connectivity index (χ0) is 24.3. The molecule has 33 heavy (non-hydrogen) atoms. The summed E-state index contributed by atoms with van der Waals surface area (Å²) in [5.74, 6) is -4.70. The number of ketones is 1. The lowest BCUT2D eigenvalue weighted by molar-refractivity contribution is -0.151. The number of esters is 2. The Balaban J connectivity index is 2.05. The van der Waals surface area contributed by atoms with Crippen LogP contribution in [0.1, 0.15) is 45.6 Å². The van der Waals surface area contributed by atoms with Crippen molar-refractivity contribution in [3.63, 3.8) is 0 Å². The molecule has 7 nitrogen and oxygen atoms in total. The number of hydrogen-bond acceptors (Lipinski definition) is 7. The van der Waals surface area contributed by atoms with Gasteiger partial charge in [0.25, 0.3) is 0 Å². The molecule has 0 radical (unpaired) electrons. The van der Waals surface area contributed by atoms with Crippen molar-refractivity contribution in [2.75, 3.05) is 20.3 Å². The van der Waals surface area contributed by atoms with Crippen LogP contribution in [-0.2, 0) is 28.6 Å². The lowest BCUT2D eigenvalue weighted by Crippen LogP contribution is -2.43. The number of hydrogen-bond donors (Lipinski definition) is 1. The molecule has 0 fully saturated rings. The summed E-state index contributed by atoms with van der Waals surface area (Å²) in [6.07, 6.45) is 0.366. The van der Waals surface area contributed by atoms with Crippen LogP contribution in [-0.4, -0.2) is 44.1 Å². The second kappa shape index (κ2) is 10.3. The van der Waals surface area contributed by atoms with Gasteiger partial charge in [0, 0.05) is 22.5 Å². The van der Waals surface area contributed by atoms with E-state index in [0.29, 0.717) is 17.8 Å². The Morgan fingerprint density at radius 1 is 1.21 bits per heavy atom. The number of carbonyl (C=O) groups is 3. The molecule has 0 spiro atoms. The monoisotopic (exact) mass is 459 g/mol. The number of halogens is 1. The van der Waals surface area contributed by atoms with Crippen molar-refractivity contribution in [2.45, 2.75) is 46.1 Å². The number of rotatable bonds is 7. The molecule has 0 aromatic heterocycles. The highest BCUT2D eigenvalue weighted by atomic mass is 19.1. The molecule has 178 valence electrons. The summed E-state index contributed by atoms with van der Waals surface area (Å²) in [6, 6.07) is 6.00. The van der Waals surface area contributed by atoms with E-state index in [1.54, 1.807) is 19.9 Å². The fraction of sp³-hybridized carbons (Fsp3) is 0.480. The second-order valence-corrected chi connectivity index (χ2v) is 8.61. The Morgan fingerprint density at radius 2 is 1.91 bits per heavy atom. The van der Waals surface area contributed by atoms with Crippen molar-refractivity contribution < 1.29 is 33.0 Å². The first-order valence-electron chi connectivity index (χ1n) is 11.0. The molecular formula is C25H30FNO6. The van der Waals surface area contributed by atoms with Crippen LogP contribution in [0, 0.1) is 17.7 Å². The molecule has 1 aliphatic carbocycles. The van der Waals surface area contributed by atoms with E-state index in [4.69, 9.17) is 14.2 Å². The molecule has 0 saturated carbocycles. The van der Waals surface area contributed by atoms with Gasteiger partial charge < -0.3 is 19.5 Å². The molecule has 0 saturated heterocycles. The number of carbonyl (C=O) groups excluding carboxylic acids is 3. The topological polar surface area (TPSA) is 90.9 Å². The minimum Gasteiger partial charge on any atom is -0.468 e. The highest BCUT2D eigenvalue weighted by Gasteiger charge is 2.47. The molecule has 8 heteroatoms. The molecule has 1 heterocycles. The first-order valence-corrected chi connectivity index (χ1v) is 11.0. The third kappa shape index (κ3) is 5.00. The number of nitrogens with one attached hydrogen (secondary N) is 1. The summed E-state index contributed by atoms with van der Waals surface area (Å²) in [7, 11) is 1.23. The molecule has 1 aliphatic heterocycles. The van der Waals surface area contributed by atoms with Gasteiger partial charge in [-0.25, -0.2) is 9.18 Å². The fourth-order valence-corrected chi connectivity index (χ4v) is 4.47. The summed E-state index contributed by atoms with van der Waals surface area (Å²) >= 11 is 0. The molecule has 0 amide bonds. The van der Waals surface area contributed by atoms with Crippen molar-refractivity contribution >= 4 is 17.7 Å². The molecule has 1 aromatic carbocycles. The maximum Gasteiger partial charge on any atom is 0.336 e. The highest BCUT2D eigenvalue weighted by molar-refractivity contribution is 6.12. The van der Waals surface area contributed by atoms with Gasteiger partial charge in [0.1, 0.15) is 18.3 Å². The van der Waals surface area contributed by atoms with Gasteiger partial charge in [-0.1, -0.05) is 25.1 Å². The van der Waals surface area contributed by atoms with Crippen LogP contribution in [0.2, 0.25) is 0 Å². The smallest absolute Gasteiger partial charge is 0.336 e. The number of allylic oxidation sites excluding steroid dienone is 3. The van der Waals surface area contributed by atoms with Crippen LogP contribution >= 0.6 is 0 Å². The first kappa shape index (κ1) is 24.6. The molecule has 3 rings (SSSR count). The van der Waals surface area contributed by atoms with E-state index in [9.17, 15) is 18.8 Å². The van der Waals surface area contributed by atoms with Crippen molar-refractivity contribution in [3.05, 3.63) is 58.2 Å². The van der Waals surface area contributed by atoms with Crippen molar-refractivity contribution in [1.82, 2.24) is 5.32 Å². The normalized spacial score (nSPS) is 22.8. The Morgan fingerprint density at radius 3 is 2.55 bits per heavy atom. The van der Waals surface area contributed by atoms with Crippen LogP contribution in [0.4, 0.5) is 4.39 Å². The van der Waals surface area contributed by atoms with E-state index in [1.807, 2.05) is 13.8 Å². The van der Waals surface area contributed by atoms with Gasteiger partial charge in [-0.15, -0.1) is 0 Å². The van der Waals surface area contributed by atoms with Crippen molar-refractivity contribution in [2.24, 2.45) is 11.8 Å². The van der Waals surface area contributed by atoms with Gasteiger partial charge in [-0.3, -0.25) is 9.59 Å². The van der Waals surface area contributed by atoms with E-state index in [2.05, 4.69) is 5.32 Å². The summed E-state index contributed by atoms with van der Waals surface area (Å²) < 4.78 is 30.7. The summed E-state index contributed by atoms with van der Waals surface area (Å²) in [6.45, 7) is 7.45. The molecule has 2 aliphatic rings. The second-order valence-electron chi connectivity index (χ2n) is 8.61. The molecule has 1 N–H and O–H groups in total. The third-order valence-electron chi connectivity index (χ3n) is 5.95. The molecular weight excluding hydrogens is 429 g/mol. The van der Waals surface area contributed by atoms with Crippen molar-refractivity contribution in [1.29, 1.82) is 0 Å². The predicted octanol–water partition coefficient (Wildman–Crippen LogP) is 3.41. The zero-order valence-corrected chi connectivity index (χ0v) is 19.6. The third-order valence-corrected chi connectivity index (χ3v) is 5.95. The van der Waals surface area contributed by atoms with Crippen LogP contribution in [0.3, 0.4) is 0 Å². The van der Waals surface area contributed by atoms with E-state index >= 15 is 0 Å². The highest BCUT2D eigenvalue weighted by Crippen LogP contribution is 2.46. The Labute approximate surface area is 193 Å². The van der Waals surface area contributed by atoms with Crippen LogP contribution in [0.15, 0.2) is 46.8 Å². The number of benzene rings is 1. The molecule has 0 bridgehead atoms. The van der Waals surface area contributed by atoms with Crippen LogP contribution in [0.25, 0.3) is 0 Å². The quantitative estimate of drug-likeness (QED) is 0.380. The number of Topliss-reactive ketones (excluding diaryl/α,β-unsaturated/α-hetero) is 1. The minimum atomic E-state index is -1.03. The Bertz CT molecular complexity index is 1010. The van der Waals surface area contributed by atoms with E-state index < -0.39 is 35.4 Å². The zero-order valence-electron chi connectivity index (χ0n) is 19.6. The summed E-state index contributed by atoms with van der Waals surface area (Å²) in [5, 5.41) is 3.15. The maximum atomic E-state index is 15.0. The van der Waals surface area contributed by atoms with Gasteiger partial charge >= 0.3 is 11.9 Å². The van der Waals surface area contributed by atoms with Crippen LogP contribution in [0.5, 0.6) is 0 Å².